The van der Waals surface area contributed by atoms with Gasteiger partial charge in [0.1, 0.15) is 5.82 Å². The number of carbonyl (C=O) groups is 2. The molecule has 2 aromatic carbocycles. The van der Waals surface area contributed by atoms with E-state index in [1.165, 1.54) is 30.3 Å². The lowest BCUT2D eigenvalue weighted by Crippen LogP contribution is -2.19. The standard InChI is InChI=1S/C16H15FN2O3/c1-2-22-15(20)11-4-3-5-14(10-11)19-16(21)18-13-8-6-12(17)7-9-13/h3-10H,2H2,1H3,(H2,18,19,21). The number of nitrogens with one attached hydrogen (secondary N) is 2. The summed E-state index contributed by atoms with van der Waals surface area (Å²) in [4.78, 5) is 23.5. The van der Waals surface area contributed by atoms with Crippen LogP contribution in [-0.2, 0) is 4.74 Å². The Balaban J connectivity index is 2.00. The molecule has 2 aromatic rings. The van der Waals surface area contributed by atoms with Gasteiger partial charge in [-0.1, -0.05) is 6.07 Å². The van der Waals surface area contributed by atoms with Crippen molar-refractivity contribution < 1.29 is 18.7 Å². The van der Waals surface area contributed by atoms with E-state index in [4.69, 9.17) is 4.74 Å². The van der Waals surface area contributed by atoms with E-state index in [-0.39, 0.29) is 12.4 Å². The first-order valence-corrected chi connectivity index (χ1v) is 6.69. The van der Waals surface area contributed by atoms with Gasteiger partial charge in [0.15, 0.2) is 0 Å². The highest BCUT2D eigenvalue weighted by Crippen LogP contribution is 2.13. The third-order valence-electron chi connectivity index (χ3n) is 2.73. The van der Waals surface area contributed by atoms with E-state index in [2.05, 4.69) is 10.6 Å². The predicted molar refractivity (Wildman–Crippen MR) is 81.4 cm³/mol. The van der Waals surface area contributed by atoms with Gasteiger partial charge in [0.2, 0.25) is 0 Å². The molecule has 0 bridgehead atoms. The highest BCUT2D eigenvalue weighted by molar-refractivity contribution is 6.00. The molecule has 22 heavy (non-hydrogen) atoms. The summed E-state index contributed by atoms with van der Waals surface area (Å²) in [5, 5.41) is 5.15. The first-order chi connectivity index (χ1) is 10.6. The van der Waals surface area contributed by atoms with Crippen molar-refractivity contribution >= 4 is 23.4 Å². The molecule has 2 amide bonds. The molecule has 6 heteroatoms. The molecule has 0 aromatic heterocycles. The van der Waals surface area contributed by atoms with Gasteiger partial charge in [0.05, 0.1) is 12.2 Å². The average Bonchev–Trinajstić information content (AvgIpc) is 2.50. The molecule has 0 saturated carbocycles. The fraction of sp³-hybridized carbons (Fsp3) is 0.125. The van der Waals surface area contributed by atoms with Crippen LogP contribution in [0.25, 0.3) is 0 Å². The maximum atomic E-state index is 12.8. The van der Waals surface area contributed by atoms with Gasteiger partial charge in [0, 0.05) is 11.4 Å². The van der Waals surface area contributed by atoms with E-state index in [9.17, 15) is 14.0 Å². The molecule has 0 aliphatic rings. The van der Waals surface area contributed by atoms with Crippen LogP contribution in [0.3, 0.4) is 0 Å². The van der Waals surface area contributed by atoms with E-state index < -0.39 is 12.0 Å². The lowest BCUT2D eigenvalue weighted by Gasteiger charge is -2.09. The summed E-state index contributed by atoms with van der Waals surface area (Å²) in [5.74, 6) is -0.835. The Morgan fingerprint density at radius 1 is 1.05 bits per heavy atom. The second kappa shape index (κ2) is 7.21. The summed E-state index contributed by atoms with van der Waals surface area (Å²) < 4.78 is 17.7. The van der Waals surface area contributed by atoms with E-state index >= 15 is 0 Å². The van der Waals surface area contributed by atoms with Gasteiger partial charge in [-0.25, -0.2) is 14.0 Å². The van der Waals surface area contributed by atoms with Crippen LogP contribution in [0.4, 0.5) is 20.6 Å². The predicted octanol–water partition coefficient (Wildman–Crippen LogP) is 3.65. The number of ether oxygens (including phenoxy) is 1. The minimum atomic E-state index is -0.493. The van der Waals surface area contributed by atoms with Crippen molar-refractivity contribution in [2.45, 2.75) is 6.92 Å². The zero-order valence-corrected chi connectivity index (χ0v) is 11.9. The Hall–Kier alpha value is -2.89. The smallest absolute Gasteiger partial charge is 0.338 e. The van der Waals surface area contributed by atoms with Crippen LogP contribution >= 0.6 is 0 Å². The van der Waals surface area contributed by atoms with Gasteiger partial charge in [-0.05, 0) is 49.4 Å². The summed E-state index contributed by atoms with van der Waals surface area (Å²) >= 11 is 0. The molecule has 2 N–H and O–H groups in total. The Morgan fingerprint density at radius 2 is 1.73 bits per heavy atom. The SMILES string of the molecule is CCOC(=O)c1cccc(NC(=O)Nc2ccc(F)cc2)c1. The highest BCUT2D eigenvalue weighted by Gasteiger charge is 2.08. The van der Waals surface area contributed by atoms with Gasteiger partial charge in [-0.2, -0.15) is 0 Å². The number of amides is 2. The number of halogens is 1. The average molecular weight is 302 g/mol. The van der Waals surface area contributed by atoms with E-state index in [1.54, 1.807) is 25.1 Å². The van der Waals surface area contributed by atoms with Crippen LogP contribution in [0.1, 0.15) is 17.3 Å². The fourth-order valence-corrected chi connectivity index (χ4v) is 1.77. The zero-order valence-electron chi connectivity index (χ0n) is 11.9. The van der Waals surface area contributed by atoms with Crippen molar-refractivity contribution in [1.29, 1.82) is 0 Å². The first-order valence-electron chi connectivity index (χ1n) is 6.69. The second-order valence-corrected chi connectivity index (χ2v) is 4.39. The Labute approximate surface area is 127 Å². The molecule has 0 atom stereocenters. The van der Waals surface area contributed by atoms with Crippen molar-refractivity contribution in [1.82, 2.24) is 0 Å². The van der Waals surface area contributed by atoms with Gasteiger partial charge >= 0.3 is 12.0 Å². The van der Waals surface area contributed by atoms with Crippen molar-refractivity contribution in [3.8, 4) is 0 Å². The molecular weight excluding hydrogens is 287 g/mol. The van der Waals surface area contributed by atoms with Crippen LogP contribution in [-0.4, -0.2) is 18.6 Å². The van der Waals surface area contributed by atoms with Crippen LogP contribution in [0.2, 0.25) is 0 Å². The van der Waals surface area contributed by atoms with Gasteiger partial charge in [-0.3, -0.25) is 0 Å². The molecular formula is C16H15FN2O3. The van der Waals surface area contributed by atoms with Gasteiger partial charge in [-0.15, -0.1) is 0 Å². The quantitative estimate of drug-likeness (QED) is 0.847. The lowest BCUT2D eigenvalue weighted by molar-refractivity contribution is 0.0526. The monoisotopic (exact) mass is 302 g/mol. The summed E-state index contributed by atoms with van der Waals surface area (Å²) in [7, 11) is 0. The molecule has 0 aliphatic heterocycles. The Morgan fingerprint density at radius 3 is 2.41 bits per heavy atom. The second-order valence-electron chi connectivity index (χ2n) is 4.39. The number of rotatable bonds is 4. The molecule has 114 valence electrons. The van der Waals surface area contributed by atoms with E-state index in [0.717, 1.165) is 0 Å². The van der Waals surface area contributed by atoms with Crippen molar-refractivity contribution in [3.63, 3.8) is 0 Å². The number of urea groups is 1. The molecule has 5 nitrogen and oxygen atoms in total. The molecule has 0 heterocycles. The van der Waals surface area contributed by atoms with Gasteiger partial charge in [0.25, 0.3) is 0 Å². The normalized spacial score (nSPS) is 9.91. The number of esters is 1. The summed E-state index contributed by atoms with van der Waals surface area (Å²) in [6, 6.07) is 11.3. The van der Waals surface area contributed by atoms with Crippen LogP contribution in [0, 0.1) is 5.82 Å². The summed E-state index contributed by atoms with van der Waals surface area (Å²) in [6.07, 6.45) is 0. The molecule has 0 fully saturated rings. The minimum absolute atomic E-state index is 0.279. The van der Waals surface area contributed by atoms with Crippen LogP contribution < -0.4 is 10.6 Å². The zero-order chi connectivity index (χ0) is 15.9. The van der Waals surface area contributed by atoms with Crippen molar-refractivity contribution in [2.24, 2.45) is 0 Å². The van der Waals surface area contributed by atoms with E-state index in [1.807, 2.05) is 0 Å². The van der Waals surface area contributed by atoms with Crippen molar-refractivity contribution in [3.05, 3.63) is 59.9 Å². The molecule has 0 unspecified atom stereocenters. The number of hydrogen-bond donors (Lipinski definition) is 2. The molecule has 0 spiro atoms. The number of anilines is 2. The maximum absolute atomic E-state index is 12.8. The molecule has 0 aliphatic carbocycles. The van der Waals surface area contributed by atoms with E-state index in [0.29, 0.717) is 16.9 Å². The molecule has 0 saturated heterocycles. The lowest BCUT2D eigenvalue weighted by atomic mass is 10.2. The summed E-state index contributed by atoms with van der Waals surface area (Å²) in [6.45, 7) is 2.00. The topological polar surface area (TPSA) is 67.4 Å². The van der Waals surface area contributed by atoms with Gasteiger partial charge < -0.3 is 15.4 Å². The first kappa shape index (κ1) is 15.5. The number of hydrogen-bond acceptors (Lipinski definition) is 3. The maximum Gasteiger partial charge on any atom is 0.338 e. The fourth-order valence-electron chi connectivity index (χ4n) is 1.77. The minimum Gasteiger partial charge on any atom is -0.462 e. The molecule has 2 rings (SSSR count). The van der Waals surface area contributed by atoms with Crippen molar-refractivity contribution in [2.75, 3.05) is 17.2 Å². The number of carbonyl (C=O) groups excluding carboxylic acids is 2. The molecule has 0 radical (unpaired) electrons. The Bertz CT molecular complexity index is 671. The number of benzene rings is 2. The Kier molecular flexibility index (Phi) is 5.08. The van der Waals surface area contributed by atoms with Crippen LogP contribution in [0.15, 0.2) is 48.5 Å². The highest BCUT2D eigenvalue weighted by atomic mass is 19.1. The largest absolute Gasteiger partial charge is 0.462 e. The third kappa shape index (κ3) is 4.31. The third-order valence-corrected chi connectivity index (χ3v) is 2.73. The summed E-state index contributed by atoms with van der Waals surface area (Å²) in [5.41, 5.74) is 1.26. The van der Waals surface area contributed by atoms with Crippen LogP contribution in [0.5, 0.6) is 0 Å².